The third kappa shape index (κ3) is 3.55. The Labute approximate surface area is 95.1 Å². The highest BCUT2D eigenvalue weighted by Crippen LogP contribution is 2.22. The molecular weight excluding hydrogens is 206 g/mol. The van der Waals surface area contributed by atoms with Crippen LogP contribution in [0.25, 0.3) is 0 Å². The molecule has 0 amide bonds. The van der Waals surface area contributed by atoms with Gasteiger partial charge < -0.3 is 11.1 Å². The fraction of sp³-hybridized carbons (Fsp3) is 0.727. The summed E-state index contributed by atoms with van der Waals surface area (Å²) in [6.45, 7) is 1.99. The number of hydrogen-bond donors (Lipinski definition) is 2. The molecule has 2 unspecified atom stereocenters. The van der Waals surface area contributed by atoms with Crippen LogP contribution in [0.2, 0.25) is 0 Å². The third-order valence-electron chi connectivity index (χ3n) is 3.05. The fourth-order valence-electron chi connectivity index (χ4n) is 2.25. The van der Waals surface area contributed by atoms with Crippen LogP contribution in [0, 0.1) is 5.92 Å². The summed E-state index contributed by atoms with van der Waals surface area (Å²) in [5, 5.41) is 5.56. The maximum atomic E-state index is 5.95. The van der Waals surface area contributed by atoms with Crippen LogP contribution in [-0.2, 0) is 6.54 Å². The summed E-state index contributed by atoms with van der Waals surface area (Å²) in [5.41, 5.74) is 8.99. The highest BCUT2D eigenvalue weighted by Gasteiger charge is 2.18. The lowest BCUT2D eigenvalue weighted by Crippen LogP contribution is -2.33. The van der Waals surface area contributed by atoms with Crippen molar-refractivity contribution < 1.29 is 0 Å². The molecule has 1 aliphatic rings. The summed E-state index contributed by atoms with van der Waals surface area (Å²) in [7, 11) is 0. The molecule has 4 heteroatoms. The number of rotatable bonds is 4. The van der Waals surface area contributed by atoms with Crippen molar-refractivity contribution in [2.75, 3.05) is 6.54 Å². The standard InChI is InChI=1S/C11H19N3S/c12-10-3-1-2-9(4-10)5-13-6-11-7-15-8-14-11/h7-10,13H,1-6,12H2. The van der Waals surface area contributed by atoms with Gasteiger partial charge in [0.2, 0.25) is 0 Å². The molecule has 0 aromatic carbocycles. The molecule has 1 aliphatic carbocycles. The monoisotopic (exact) mass is 225 g/mol. The Kier molecular flexibility index (Phi) is 4.11. The first kappa shape index (κ1) is 11.0. The molecule has 3 nitrogen and oxygen atoms in total. The number of aromatic nitrogens is 1. The first-order valence-electron chi connectivity index (χ1n) is 5.68. The first-order chi connectivity index (χ1) is 7.34. The Morgan fingerprint density at radius 3 is 3.20 bits per heavy atom. The molecule has 0 radical (unpaired) electrons. The molecule has 2 rings (SSSR count). The van der Waals surface area contributed by atoms with Crippen molar-refractivity contribution in [3.63, 3.8) is 0 Å². The lowest BCUT2D eigenvalue weighted by molar-refractivity contribution is 0.310. The average Bonchev–Trinajstić information content (AvgIpc) is 2.71. The van der Waals surface area contributed by atoms with Gasteiger partial charge in [0.05, 0.1) is 11.2 Å². The van der Waals surface area contributed by atoms with Crippen LogP contribution in [0.4, 0.5) is 0 Å². The van der Waals surface area contributed by atoms with Crippen LogP contribution >= 0.6 is 11.3 Å². The van der Waals surface area contributed by atoms with Gasteiger partial charge in [0, 0.05) is 18.0 Å². The minimum Gasteiger partial charge on any atom is -0.328 e. The van der Waals surface area contributed by atoms with Crippen molar-refractivity contribution in [2.24, 2.45) is 11.7 Å². The van der Waals surface area contributed by atoms with Crippen LogP contribution in [0.5, 0.6) is 0 Å². The van der Waals surface area contributed by atoms with Crippen molar-refractivity contribution in [3.05, 3.63) is 16.6 Å². The van der Waals surface area contributed by atoms with Crippen molar-refractivity contribution in [2.45, 2.75) is 38.3 Å². The van der Waals surface area contributed by atoms with Crippen LogP contribution < -0.4 is 11.1 Å². The van der Waals surface area contributed by atoms with Crippen LogP contribution in [-0.4, -0.2) is 17.6 Å². The zero-order valence-electron chi connectivity index (χ0n) is 8.98. The minimum atomic E-state index is 0.435. The van der Waals surface area contributed by atoms with Gasteiger partial charge in [-0.2, -0.15) is 0 Å². The van der Waals surface area contributed by atoms with E-state index in [1.54, 1.807) is 11.3 Å². The van der Waals surface area contributed by atoms with Crippen LogP contribution in [0.3, 0.4) is 0 Å². The smallest absolute Gasteiger partial charge is 0.0795 e. The van der Waals surface area contributed by atoms with Crippen LogP contribution in [0.1, 0.15) is 31.4 Å². The second-order valence-electron chi connectivity index (χ2n) is 4.40. The average molecular weight is 225 g/mol. The Morgan fingerprint density at radius 2 is 2.47 bits per heavy atom. The van der Waals surface area contributed by atoms with Gasteiger partial charge in [-0.05, 0) is 31.7 Å². The van der Waals surface area contributed by atoms with E-state index in [1.165, 1.54) is 25.7 Å². The molecule has 1 aromatic heterocycles. The molecule has 15 heavy (non-hydrogen) atoms. The molecule has 0 bridgehead atoms. The molecule has 0 saturated heterocycles. The van der Waals surface area contributed by atoms with E-state index in [9.17, 15) is 0 Å². The Balaban J connectivity index is 1.65. The van der Waals surface area contributed by atoms with Crippen LogP contribution in [0.15, 0.2) is 10.9 Å². The summed E-state index contributed by atoms with van der Waals surface area (Å²) >= 11 is 1.65. The highest BCUT2D eigenvalue weighted by atomic mass is 32.1. The van der Waals surface area contributed by atoms with Gasteiger partial charge in [-0.25, -0.2) is 4.98 Å². The predicted octanol–water partition coefficient (Wildman–Crippen LogP) is 1.75. The molecular formula is C11H19N3S. The molecule has 2 atom stereocenters. The Bertz CT molecular complexity index is 273. The molecule has 1 saturated carbocycles. The van der Waals surface area contributed by atoms with Gasteiger partial charge in [-0.1, -0.05) is 6.42 Å². The summed E-state index contributed by atoms with van der Waals surface area (Å²) < 4.78 is 0. The maximum absolute atomic E-state index is 5.95. The second-order valence-corrected chi connectivity index (χ2v) is 5.12. The predicted molar refractivity (Wildman–Crippen MR) is 63.8 cm³/mol. The third-order valence-corrected chi connectivity index (χ3v) is 3.68. The maximum Gasteiger partial charge on any atom is 0.0795 e. The molecule has 1 fully saturated rings. The van der Waals surface area contributed by atoms with Gasteiger partial charge in [0.1, 0.15) is 0 Å². The van der Waals surface area contributed by atoms with E-state index < -0.39 is 0 Å². The topological polar surface area (TPSA) is 50.9 Å². The zero-order chi connectivity index (χ0) is 10.5. The van der Waals surface area contributed by atoms with Crippen molar-refractivity contribution in [1.29, 1.82) is 0 Å². The summed E-state index contributed by atoms with van der Waals surface area (Å²) in [4.78, 5) is 4.25. The normalized spacial score (nSPS) is 26.7. The number of hydrogen-bond acceptors (Lipinski definition) is 4. The van der Waals surface area contributed by atoms with E-state index in [0.717, 1.165) is 24.7 Å². The fourth-order valence-corrected chi connectivity index (χ4v) is 2.81. The lowest BCUT2D eigenvalue weighted by atomic mass is 9.86. The quantitative estimate of drug-likeness (QED) is 0.821. The molecule has 0 spiro atoms. The van der Waals surface area contributed by atoms with E-state index in [1.807, 2.05) is 5.51 Å². The Hall–Kier alpha value is -0.450. The summed E-state index contributed by atoms with van der Waals surface area (Å²) in [6, 6.07) is 0.435. The van der Waals surface area contributed by atoms with Gasteiger partial charge in [0.15, 0.2) is 0 Å². The Morgan fingerprint density at radius 1 is 1.53 bits per heavy atom. The lowest BCUT2D eigenvalue weighted by Gasteiger charge is -2.26. The summed E-state index contributed by atoms with van der Waals surface area (Å²) in [5.74, 6) is 0.771. The SMILES string of the molecule is NC1CCCC(CNCc2cscn2)C1. The van der Waals surface area contributed by atoms with E-state index in [0.29, 0.717) is 6.04 Å². The molecule has 84 valence electrons. The van der Waals surface area contributed by atoms with Gasteiger partial charge in [-0.15, -0.1) is 11.3 Å². The largest absolute Gasteiger partial charge is 0.328 e. The first-order valence-corrected chi connectivity index (χ1v) is 6.62. The molecule has 0 aliphatic heterocycles. The molecule has 3 N–H and O–H groups in total. The van der Waals surface area contributed by atoms with Gasteiger partial charge in [0.25, 0.3) is 0 Å². The minimum absolute atomic E-state index is 0.435. The van der Waals surface area contributed by atoms with Gasteiger partial charge >= 0.3 is 0 Å². The van der Waals surface area contributed by atoms with Crippen molar-refractivity contribution in [1.82, 2.24) is 10.3 Å². The molecule has 1 aromatic rings. The number of nitrogens with zero attached hydrogens (tertiary/aromatic N) is 1. The van der Waals surface area contributed by atoms with Crippen molar-refractivity contribution in [3.8, 4) is 0 Å². The molecule has 1 heterocycles. The summed E-state index contributed by atoms with van der Waals surface area (Å²) in [6.07, 6.45) is 5.02. The second kappa shape index (κ2) is 5.58. The van der Waals surface area contributed by atoms with E-state index in [2.05, 4.69) is 15.7 Å². The van der Waals surface area contributed by atoms with Gasteiger partial charge in [-0.3, -0.25) is 0 Å². The van der Waals surface area contributed by atoms with E-state index >= 15 is 0 Å². The van der Waals surface area contributed by atoms with Crippen molar-refractivity contribution >= 4 is 11.3 Å². The number of nitrogens with one attached hydrogen (secondary N) is 1. The van der Waals surface area contributed by atoms with E-state index in [4.69, 9.17) is 5.73 Å². The number of thiazole rings is 1. The van der Waals surface area contributed by atoms with E-state index in [-0.39, 0.29) is 0 Å². The zero-order valence-corrected chi connectivity index (χ0v) is 9.80. The highest BCUT2D eigenvalue weighted by molar-refractivity contribution is 7.07. The number of nitrogens with two attached hydrogens (primary N) is 1.